The molecule has 0 fully saturated rings. The maximum absolute atomic E-state index is 13.7. The van der Waals surface area contributed by atoms with Crippen molar-refractivity contribution in [1.82, 2.24) is 9.63 Å². The molecule has 0 saturated heterocycles. The van der Waals surface area contributed by atoms with Crippen molar-refractivity contribution >= 4 is 37.2 Å². The van der Waals surface area contributed by atoms with Crippen LogP contribution in [-0.2, 0) is 18.9 Å². The van der Waals surface area contributed by atoms with Gasteiger partial charge in [0.15, 0.2) is 14.1 Å². The number of allylic oxidation sites excluding steroid dienone is 1. The van der Waals surface area contributed by atoms with Crippen molar-refractivity contribution < 1.29 is 24.0 Å². The van der Waals surface area contributed by atoms with Crippen molar-refractivity contribution in [2.24, 2.45) is 17.3 Å². The summed E-state index contributed by atoms with van der Waals surface area (Å²) in [7, 11) is 1.13. The third kappa shape index (κ3) is 9.50. The van der Waals surface area contributed by atoms with Crippen LogP contribution in [0.1, 0.15) is 93.0 Å². The van der Waals surface area contributed by atoms with E-state index >= 15 is 0 Å². The summed E-state index contributed by atoms with van der Waals surface area (Å²) in [5, 5.41) is 13.9. The predicted molar refractivity (Wildman–Crippen MR) is 179 cm³/mol. The molecule has 0 saturated carbocycles. The monoisotopic (exact) mass is 623 g/mol. The fourth-order valence-electron chi connectivity index (χ4n) is 4.85. The molecule has 0 aromatic carbocycles. The van der Waals surface area contributed by atoms with Gasteiger partial charge < -0.3 is 9.53 Å². The molecule has 1 unspecified atom stereocenters. The molecule has 1 rings (SSSR count). The summed E-state index contributed by atoms with van der Waals surface area (Å²) in [6.45, 7) is 28.4. The largest absolute Gasteiger partial charge is 0.410 e. The van der Waals surface area contributed by atoms with Crippen LogP contribution in [0.2, 0.25) is 18.1 Å². The van der Waals surface area contributed by atoms with Crippen LogP contribution in [0, 0.1) is 24.2 Å². The lowest BCUT2D eigenvalue weighted by Crippen LogP contribution is -2.59. The molecule has 1 aromatic heterocycles. The lowest BCUT2D eigenvalue weighted by molar-refractivity contribution is -0.178. The molecule has 1 N–H and O–H groups in total. The topological polar surface area (TPSA) is 85.7 Å². The second-order valence-corrected chi connectivity index (χ2v) is 20.1. The molecule has 0 aliphatic carbocycles. The van der Waals surface area contributed by atoms with E-state index in [1.54, 1.807) is 33.2 Å². The van der Waals surface area contributed by atoms with Crippen LogP contribution in [0.15, 0.2) is 29.2 Å². The maximum Gasteiger partial charge on any atom is 0.365 e. The summed E-state index contributed by atoms with van der Waals surface area (Å²) in [4.78, 5) is 37.3. The number of hydrogen-bond donors (Lipinski definition) is 1. The molecule has 0 spiro atoms. The van der Waals surface area contributed by atoms with E-state index in [0.717, 1.165) is 36.3 Å². The summed E-state index contributed by atoms with van der Waals surface area (Å²) < 4.78 is 6.09. The van der Waals surface area contributed by atoms with Gasteiger partial charge in [-0.3, -0.25) is 4.79 Å². The minimum Gasteiger partial charge on any atom is -0.410 e. The van der Waals surface area contributed by atoms with Crippen molar-refractivity contribution in [1.29, 1.82) is 0 Å². The normalized spacial score (nSPS) is 17.7. The molecule has 1 amide bonds. The van der Waals surface area contributed by atoms with Gasteiger partial charge in [-0.15, -0.1) is 11.3 Å². The number of ketones is 1. The summed E-state index contributed by atoms with van der Waals surface area (Å²) in [5.74, 6) is -1.08. The quantitative estimate of drug-likeness (QED) is 0.0657. The molecule has 0 bridgehead atoms. The highest BCUT2D eigenvalue weighted by atomic mass is 32.1. The number of aromatic nitrogens is 1. The Kier molecular flexibility index (Phi) is 13.8. The first kappa shape index (κ1) is 38.5. The minimum atomic E-state index is -1.90. The molecule has 0 aliphatic heterocycles. The number of rotatable bonds is 16. The lowest BCUT2D eigenvalue weighted by Gasteiger charge is -2.39. The van der Waals surface area contributed by atoms with Crippen molar-refractivity contribution in [2.75, 3.05) is 14.2 Å². The maximum atomic E-state index is 13.7. The molecule has 42 heavy (non-hydrogen) atoms. The number of nitrogens with zero attached hydrogens (tertiary/aromatic N) is 2. The van der Waals surface area contributed by atoms with Gasteiger partial charge in [-0.25, -0.2) is 4.79 Å². The Morgan fingerprint density at radius 3 is 2.21 bits per heavy atom. The second-order valence-electron chi connectivity index (χ2n) is 14.3. The van der Waals surface area contributed by atoms with Gasteiger partial charge in [-0.05, 0) is 84.4 Å². The Bertz CT molecular complexity index is 1120. The zero-order valence-electron chi connectivity index (χ0n) is 28.9. The number of amides is 1. The fourth-order valence-corrected chi connectivity index (χ4v) is 6.89. The van der Waals surface area contributed by atoms with Crippen LogP contribution in [0.4, 0.5) is 5.82 Å². The predicted octanol–water partition coefficient (Wildman–Crippen LogP) is 8.18. The number of aliphatic hydroxyl groups is 1. The van der Waals surface area contributed by atoms with E-state index in [-0.39, 0.29) is 22.8 Å². The molecule has 7 nitrogen and oxygen atoms in total. The number of hydroxylamine groups is 2. The summed E-state index contributed by atoms with van der Waals surface area (Å²) in [5.41, 5.74) is 0.951. The van der Waals surface area contributed by atoms with Crippen molar-refractivity contribution in [3.8, 4) is 0 Å². The average molecular weight is 624 g/mol. The van der Waals surface area contributed by atoms with E-state index in [0.29, 0.717) is 5.82 Å². The average Bonchev–Trinajstić information content (AvgIpc) is 3.34. The van der Waals surface area contributed by atoms with Gasteiger partial charge in [-0.1, -0.05) is 63.1 Å². The lowest BCUT2D eigenvalue weighted by atomic mass is 9.76. The first-order valence-electron chi connectivity index (χ1n) is 15.1. The third-order valence-corrected chi connectivity index (χ3v) is 14.4. The standard InChI is InChI=1S/C33H59N2O5SSi/c1-22(2)27(40-42(14,15)32(7,8)9)20-19-23(3)17-16-18-24(4)29(36)25(5)30(37)33(10,11)31(38)35(12,39-13)28-21-41-26(6)34-28/h19,21,24-25,27,29,36H,1,16-18,20H2,2-15H3/q+1/t24-,25+,27-,29-,35?/m0/s1. The Hall–Kier alpha value is -1.49. The van der Waals surface area contributed by atoms with Gasteiger partial charge in [0.05, 0.1) is 29.7 Å². The zero-order chi connectivity index (χ0) is 32.8. The number of carbonyl (C=O) groups is 2. The summed E-state index contributed by atoms with van der Waals surface area (Å²) >= 11 is 1.42. The van der Waals surface area contributed by atoms with E-state index in [1.165, 1.54) is 24.0 Å². The highest BCUT2D eigenvalue weighted by Gasteiger charge is 2.53. The smallest absolute Gasteiger partial charge is 0.365 e. The summed E-state index contributed by atoms with van der Waals surface area (Å²) in [6.07, 6.45) is 4.78. The van der Waals surface area contributed by atoms with Crippen molar-refractivity contribution in [2.45, 2.75) is 125 Å². The molecule has 1 heterocycles. The number of carbonyl (C=O) groups excluding carboxylic acids is 2. The molecule has 9 heteroatoms. The Morgan fingerprint density at radius 2 is 1.76 bits per heavy atom. The van der Waals surface area contributed by atoms with Gasteiger partial charge in [0.2, 0.25) is 0 Å². The van der Waals surface area contributed by atoms with E-state index < -0.39 is 36.3 Å². The Labute approximate surface area is 261 Å². The first-order chi connectivity index (χ1) is 19.0. The van der Waals surface area contributed by atoms with Gasteiger partial charge >= 0.3 is 5.91 Å². The van der Waals surface area contributed by atoms with E-state index in [1.807, 2.05) is 20.8 Å². The van der Waals surface area contributed by atoms with Gasteiger partial charge in [0.25, 0.3) is 5.82 Å². The first-order valence-corrected chi connectivity index (χ1v) is 18.9. The number of Topliss-reactive ketones (excluding diaryl/α,β-unsaturated/α-hetero) is 1. The SMILES string of the molecule is C=C(C)[C@H](CC=C(C)CCC[C@H](C)[C@H](O)[C@@H](C)C(=O)C(C)(C)C(=O)[N+](C)(OC)c1csc(C)n1)O[Si](C)(C)C(C)(C)C. The number of quaternary nitrogens is 1. The van der Waals surface area contributed by atoms with Crippen LogP contribution in [0.5, 0.6) is 0 Å². The Balaban J connectivity index is 2.81. The van der Waals surface area contributed by atoms with Crippen LogP contribution in [0.3, 0.4) is 0 Å². The number of hydrogen-bond acceptors (Lipinski definition) is 7. The number of aliphatic hydroxyl groups excluding tert-OH is 1. The molecule has 0 radical (unpaired) electrons. The van der Waals surface area contributed by atoms with Crippen LogP contribution in [-0.4, -0.2) is 56.5 Å². The molecular formula is C33H59N2O5SSi+. The van der Waals surface area contributed by atoms with Crippen LogP contribution < -0.4 is 4.65 Å². The highest BCUT2D eigenvalue weighted by molar-refractivity contribution is 7.09. The molecule has 0 aliphatic rings. The van der Waals surface area contributed by atoms with E-state index in [2.05, 4.69) is 58.4 Å². The van der Waals surface area contributed by atoms with Gasteiger partial charge in [-0.2, -0.15) is 9.82 Å². The zero-order valence-corrected chi connectivity index (χ0v) is 30.7. The van der Waals surface area contributed by atoms with E-state index in [9.17, 15) is 14.7 Å². The molecular weight excluding hydrogens is 565 g/mol. The number of aryl methyl sites for hydroxylation is 1. The Morgan fingerprint density at radius 1 is 1.19 bits per heavy atom. The fraction of sp³-hybridized carbons (Fsp3) is 0.727. The van der Waals surface area contributed by atoms with Gasteiger partial charge in [0, 0.05) is 5.92 Å². The summed E-state index contributed by atoms with van der Waals surface area (Å²) in [6, 6.07) is 0. The highest BCUT2D eigenvalue weighted by Crippen LogP contribution is 2.39. The van der Waals surface area contributed by atoms with Crippen molar-refractivity contribution in [3.63, 3.8) is 0 Å². The number of thiazole rings is 1. The molecule has 1 aromatic rings. The van der Waals surface area contributed by atoms with Crippen LogP contribution in [0.25, 0.3) is 0 Å². The van der Waals surface area contributed by atoms with E-state index in [4.69, 9.17) is 9.26 Å². The van der Waals surface area contributed by atoms with Crippen LogP contribution >= 0.6 is 11.3 Å². The third-order valence-electron chi connectivity index (χ3n) is 9.16. The van der Waals surface area contributed by atoms with Crippen molar-refractivity contribution in [3.05, 3.63) is 34.2 Å². The molecule has 240 valence electrons. The second kappa shape index (κ2) is 15.0. The van der Waals surface area contributed by atoms with Gasteiger partial charge in [0.1, 0.15) is 12.5 Å². The minimum absolute atomic E-state index is 0.0117. The molecule has 5 atom stereocenters.